The van der Waals surface area contributed by atoms with Gasteiger partial charge in [-0.05, 0) is 23.3 Å². The van der Waals surface area contributed by atoms with Crippen LogP contribution in [0.3, 0.4) is 0 Å². The molecule has 0 atom stereocenters. The maximum atomic E-state index is 2.53. The summed E-state index contributed by atoms with van der Waals surface area (Å²) < 4.78 is 0. The monoisotopic (exact) mass is 361 g/mol. The molecule has 27 heavy (non-hydrogen) atoms. The van der Waals surface area contributed by atoms with E-state index in [0.29, 0.717) is 0 Å². The molecule has 2 aromatic rings. The smallest absolute Gasteiger partial charge is 0.0361 e. The minimum Gasteiger partial charge on any atom is -0.378 e. The lowest BCUT2D eigenvalue weighted by Crippen LogP contribution is -2.46. The van der Waals surface area contributed by atoms with Crippen LogP contribution in [0.5, 0.6) is 0 Å². The Bertz CT molecular complexity index is 724. The fraction of sp³-hybridized carbons (Fsp3) is 0.333. The van der Waals surface area contributed by atoms with Crippen LogP contribution in [0.2, 0.25) is 0 Å². The Morgan fingerprint density at radius 1 is 0.704 bits per heavy atom. The average Bonchev–Trinajstić information content (AvgIpc) is 2.70. The molecule has 0 aromatic heterocycles. The van der Waals surface area contributed by atoms with Gasteiger partial charge in [0.1, 0.15) is 0 Å². The number of hydrogen-bond acceptors (Lipinski definition) is 3. The van der Waals surface area contributed by atoms with Crippen LogP contribution < -0.4 is 4.90 Å². The lowest BCUT2D eigenvalue weighted by Gasteiger charge is -2.33. The Kier molecular flexibility index (Phi) is 7.26. The van der Waals surface area contributed by atoms with Crippen LogP contribution in [-0.2, 0) is 0 Å². The van der Waals surface area contributed by atoms with Crippen molar-refractivity contribution in [3.63, 3.8) is 0 Å². The van der Waals surface area contributed by atoms with E-state index in [0.717, 1.165) is 39.3 Å². The van der Waals surface area contributed by atoms with Crippen molar-refractivity contribution in [2.75, 3.05) is 58.3 Å². The zero-order valence-electron chi connectivity index (χ0n) is 16.6. The molecule has 1 aliphatic rings. The summed E-state index contributed by atoms with van der Waals surface area (Å²) in [7, 11) is 4.14. The second-order valence-electron chi connectivity index (χ2n) is 7.30. The lowest BCUT2D eigenvalue weighted by atomic mass is 10.2. The molecule has 0 bridgehead atoms. The molecule has 1 saturated heterocycles. The van der Waals surface area contributed by atoms with E-state index in [9.17, 15) is 0 Å². The number of hydrogen-bond donors (Lipinski definition) is 0. The summed E-state index contributed by atoms with van der Waals surface area (Å²) in [6, 6.07) is 19.2. The molecule has 3 nitrogen and oxygen atoms in total. The molecule has 3 heteroatoms. The molecule has 1 heterocycles. The van der Waals surface area contributed by atoms with Crippen LogP contribution >= 0.6 is 0 Å². The van der Waals surface area contributed by atoms with Crippen molar-refractivity contribution >= 4 is 17.8 Å². The molecule has 0 unspecified atom stereocenters. The Morgan fingerprint density at radius 2 is 1.19 bits per heavy atom. The van der Waals surface area contributed by atoms with Gasteiger partial charge in [0.05, 0.1) is 0 Å². The third kappa shape index (κ3) is 6.38. The first-order valence-corrected chi connectivity index (χ1v) is 9.81. The fourth-order valence-electron chi connectivity index (χ4n) is 3.28. The molecule has 0 saturated carbocycles. The van der Waals surface area contributed by atoms with Crippen molar-refractivity contribution in [2.24, 2.45) is 0 Å². The van der Waals surface area contributed by atoms with E-state index in [1.54, 1.807) is 0 Å². The highest BCUT2D eigenvalue weighted by atomic mass is 15.3. The highest BCUT2D eigenvalue weighted by Gasteiger charge is 2.14. The molecule has 1 fully saturated rings. The minimum absolute atomic E-state index is 1.03. The van der Waals surface area contributed by atoms with E-state index in [2.05, 4.69) is 108 Å². The number of piperazine rings is 1. The molecule has 0 N–H and O–H groups in total. The SMILES string of the molecule is CN(C)c1ccc(/C=C\CN2CCN(C/C=C/c3ccccc3)CC2)cc1. The van der Waals surface area contributed by atoms with Crippen LogP contribution in [0.25, 0.3) is 12.2 Å². The highest BCUT2D eigenvalue weighted by molar-refractivity contribution is 5.55. The van der Waals surface area contributed by atoms with Crippen molar-refractivity contribution in [2.45, 2.75) is 0 Å². The standard InChI is InChI=1S/C24H31N3/c1-25(2)24-14-12-23(13-15-24)11-7-17-27-20-18-26(19-21-27)16-6-10-22-8-4-3-5-9-22/h3-15H,16-21H2,1-2H3/b10-6+,11-7-. The predicted octanol–water partition coefficient (Wildman–Crippen LogP) is 4.10. The first kappa shape index (κ1) is 19.4. The van der Waals surface area contributed by atoms with E-state index in [4.69, 9.17) is 0 Å². The van der Waals surface area contributed by atoms with Crippen LogP contribution in [0.4, 0.5) is 5.69 Å². The molecule has 1 aliphatic heterocycles. The fourth-order valence-corrected chi connectivity index (χ4v) is 3.28. The van der Waals surface area contributed by atoms with Crippen LogP contribution in [0.15, 0.2) is 66.7 Å². The zero-order chi connectivity index (χ0) is 18.9. The van der Waals surface area contributed by atoms with Crippen LogP contribution in [0, 0.1) is 0 Å². The summed E-state index contributed by atoms with van der Waals surface area (Å²) in [5, 5.41) is 0. The van der Waals surface area contributed by atoms with Gasteiger partial charge in [0.15, 0.2) is 0 Å². The van der Waals surface area contributed by atoms with Crippen molar-refractivity contribution in [3.8, 4) is 0 Å². The second-order valence-corrected chi connectivity index (χ2v) is 7.30. The van der Waals surface area contributed by atoms with Crippen molar-refractivity contribution in [3.05, 3.63) is 77.9 Å². The summed E-state index contributed by atoms with van der Waals surface area (Å²) in [4.78, 5) is 7.18. The quantitative estimate of drug-likeness (QED) is 0.735. The molecule has 0 amide bonds. The zero-order valence-corrected chi connectivity index (χ0v) is 16.6. The Morgan fingerprint density at radius 3 is 1.67 bits per heavy atom. The normalized spacial score (nSPS) is 16.4. The second kappa shape index (κ2) is 10.1. The summed E-state index contributed by atoms with van der Waals surface area (Å²) >= 11 is 0. The van der Waals surface area contributed by atoms with Gasteiger partial charge in [-0.25, -0.2) is 0 Å². The third-order valence-electron chi connectivity index (χ3n) is 5.02. The molecular weight excluding hydrogens is 330 g/mol. The van der Waals surface area contributed by atoms with Gasteiger partial charge in [0, 0.05) is 59.1 Å². The maximum absolute atomic E-state index is 2.53. The lowest BCUT2D eigenvalue weighted by molar-refractivity contribution is 0.154. The van der Waals surface area contributed by atoms with Gasteiger partial charge in [-0.1, -0.05) is 66.8 Å². The van der Waals surface area contributed by atoms with E-state index >= 15 is 0 Å². The number of anilines is 1. The summed E-state index contributed by atoms with van der Waals surface area (Å²) in [5.41, 5.74) is 3.79. The van der Waals surface area contributed by atoms with E-state index in [-0.39, 0.29) is 0 Å². The maximum Gasteiger partial charge on any atom is 0.0361 e. The third-order valence-corrected chi connectivity index (χ3v) is 5.02. The molecule has 2 aromatic carbocycles. The Hall–Kier alpha value is -2.36. The molecule has 0 aliphatic carbocycles. The van der Waals surface area contributed by atoms with Crippen molar-refractivity contribution in [1.29, 1.82) is 0 Å². The van der Waals surface area contributed by atoms with Gasteiger partial charge in [-0.3, -0.25) is 9.80 Å². The molecule has 0 radical (unpaired) electrons. The van der Waals surface area contributed by atoms with E-state index in [1.165, 1.54) is 16.8 Å². The van der Waals surface area contributed by atoms with Crippen LogP contribution in [-0.4, -0.2) is 63.2 Å². The van der Waals surface area contributed by atoms with Gasteiger partial charge in [-0.15, -0.1) is 0 Å². The molecular formula is C24H31N3. The Balaban J connectivity index is 1.37. The van der Waals surface area contributed by atoms with Crippen molar-refractivity contribution in [1.82, 2.24) is 9.80 Å². The predicted molar refractivity (Wildman–Crippen MR) is 118 cm³/mol. The first-order chi connectivity index (χ1) is 13.2. The van der Waals surface area contributed by atoms with Gasteiger partial charge in [-0.2, -0.15) is 0 Å². The summed E-state index contributed by atoms with van der Waals surface area (Å²) in [6.45, 7) is 6.64. The largest absolute Gasteiger partial charge is 0.378 e. The van der Waals surface area contributed by atoms with Gasteiger partial charge in [0.25, 0.3) is 0 Å². The van der Waals surface area contributed by atoms with Gasteiger partial charge >= 0.3 is 0 Å². The molecule has 3 rings (SSSR count). The Labute approximate surface area is 164 Å². The summed E-state index contributed by atoms with van der Waals surface area (Å²) in [6.07, 6.45) is 9.02. The number of benzene rings is 2. The molecule has 0 spiro atoms. The topological polar surface area (TPSA) is 9.72 Å². The van der Waals surface area contributed by atoms with Gasteiger partial charge < -0.3 is 4.90 Å². The number of rotatable bonds is 7. The van der Waals surface area contributed by atoms with Crippen LogP contribution in [0.1, 0.15) is 11.1 Å². The number of nitrogens with zero attached hydrogens (tertiary/aromatic N) is 3. The van der Waals surface area contributed by atoms with E-state index in [1.807, 2.05) is 0 Å². The van der Waals surface area contributed by atoms with E-state index < -0.39 is 0 Å². The average molecular weight is 362 g/mol. The first-order valence-electron chi connectivity index (χ1n) is 9.81. The highest BCUT2D eigenvalue weighted by Crippen LogP contribution is 2.13. The minimum atomic E-state index is 1.03. The van der Waals surface area contributed by atoms with Gasteiger partial charge in [0.2, 0.25) is 0 Å². The summed E-state index contributed by atoms with van der Waals surface area (Å²) in [5.74, 6) is 0. The molecule has 142 valence electrons. The van der Waals surface area contributed by atoms with Crippen molar-refractivity contribution < 1.29 is 0 Å².